The molecule has 0 aromatic heterocycles. The number of halogens is 2. The first kappa shape index (κ1) is 20.9. The van der Waals surface area contributed by atoms with E-state index in [0.717, 1.165) is 27.3 Å². The summed E-state index contributed by atoms with van der Waals surface area (Å²) >= 11 is -1.68. The van der Waals surface area contributed by atoms with Gasteiger partial charge in [0.1, 0.15) is 0 Å². The molecule has 5 atom stereocenters. The van der Waals surface area contributed by atoms with Crippen molar-refractivity contribution in [1.82, 2.24) is 0 Å². The summed E-state index contributed by atoms with van der Waals surface area (Å²) in [4.78, 5) is 0. The molecule has 0 aliphatic heterocycles. The normalized spacial score (nSPS) is 35.0. The molecular formula is C20H28Cl2HfSi. The van der Waals surface area contributed by atoms with E-state index in [1.54, 1.807) is 6.42 Å². The molecule has 0 aromatic rings. The second kappa shape index (κ2) is 9.02. The van der Waals surface area contributed by atoms with Gasteiger partial charge in [-0.2, -0.15) is 0 Å². The third kappa shape index (κ3) is 3.68. The predicted octanol–water partition coefficient (Wildman–Crippen LogP) is -0.326. The van der Waals surface area contributed by atoms with Crippen LogP contribution in [0.2, 0.25) is 16.8 Å². The summed E-state index contributed by atoms with van der Waals surface area (Å²) in [6.45, 7) is 5.30. The van der Waals surface area contributed by atoms with Crippen molar-refractivity contribution in [3.63, 3.8) is 0 Å². The van der Waals surface area contributed by atoms with Gasteiger partial charge in [0.15, 0.2) is 0 Å². The number of allylic oxidation sites excluding steroid dienone is 8. The third-order valence-corrected chi connectivity index (χ3v) is 33.6. The fourth-order valence-corrected chi connectivity index (χ4v) is 35.4. The maximum atomic E-state index is 2.65. The Morgan fingerprint density at radius 1 is 0.917 bits per heavy atom. The maximum Gasteiger partial charge on any atom is -1.00 e. The van der Waals surface area contributed by atoms with Crippen LogP contribution in [0.3, 0.4) is 0 Å². The zero-order chi connectivity index (χ0) is 15.1. The van der Waals surface area contributed by atoms with Crippen LogP contribution in [-0.4, -0.2) is 5.49 Å². The van der Waals surface area contributed by atoms with Crippen molar-refractivity contribution < 1.29 is 44.9 Å². The van der Waals surface area contributed by atoms with E-state index in [0.29, 0.717) is 0 Å². The van der Waals surface area contributed by atoms with E-state index < -0.39 is 20.1 Å². The van der Waals surface area contributed by atoms with Gasteiger partial charge >= 0.3 is 144 Å². The molecule has 24 heavy (non-hydrogen) atoms. The molecule has 0 bridgehead atoms. The number of hydrogen-bond donors (Lipinski definition) is 0. The summed E-state index contributed by atoms with van der Waals surface area (Å²) in [5.41, 5.74) is -0.0912. The number of fused-ring (bicyclic) bond motifs is 3. The van der Waals surface area contributed by atoms with Gasteiger partial charge in [-0.3, -0.25) is 0 Å². The molecule has 2 fully saturated rings. The minimum atomic E-state index is -1.68. The average molecular weight is 546 g/mol. The Balaban J connectivity index is 0.00000104. The summed E-state index contributed by atoms with van der Waals surface area (Å²) in [7, 11) is 0. The Kier molecular flexibility index (Phi) is 7.86. The van der Waals surface area contributed by atoms with Crippen LogP contribution in [0.5, 0.6) is 0 Å². The molecule has 0 nitrogen and oxygen atoms in total. The molecule has 0 N–H and O–H groups in total. The standard InChI is InChI=1S/C13H17.C5H5.C2H6Si.2ClH.Hf/c1-3-7-12-10(5-1)9-11-6-2-4-8-13(11)12;1-2-4-5-3-1;1-3-2;;;/h1,3,5,7,9-13H,2,4,6,8H2;1-3H,4H2;1-2H3;2*1H;/q;;;;;+2/p-2. The quantitative estimate of drug-likeness (QED) is 0.417. The maximum absolute atomic E-state index is 2.65. The van der Waals surface area contributed by atoms with Gasteiger partial charge in [-0.25, -0.2) is 0 Å². The molecule has 0 radical (unpaired) electrons. The van der Waals surface area contributed by atoms with Crippen LogP contribution in [0.4, 0.5) is 0 Å². The topological polar surface area (TPSA) is 0 Å². The molecule has 5 unspecified atom stereocenters. The Hall–Kier alpha value is 0.627. The monoisotopic (exact) mass is 546 g/mol. The fraction of sp³-hybridized carbons (Fsp3) is 0.600. The van der Waals surface area contributed by atoms with Gasteiger partial charge in [0, 0.05) is 0 Å². The Morgan fingerprint density at radius 2 is 1.58 bits per heavy atom. The van der Waals surface area contributed by atoms with Gasteiger partial charge < -0.3 is 24.8 Å². The zero-order valence-electron chi connectivity index (χ0n) is 14.7. The van der Waals surface area contributed by atoms with Gasteiger partial charge in [0.2, 0.25) is 0 Å². The minimum Gasteiger partial charge on any atom is -1.00 e. The van der Waals surface area contributed by atoms with E-state index in [9.17, 15) is 0 Å². The van der Waals surface area contributed by atoms with Crippen LogP contribution in [0.1, 0.15) is 32.1 Å². The fourth-order valence-electron chi connectivity index (χ4n) is 5.75. The van der Waals surface area contributed by atoms with Crippen molar-refractivity contribution in [2.45, 2.75) is 48.9 Å². The van der Waals surface area contributed by atoms with E-state index in [-0.39, 0.29) is 30.3 Å². The van der Waals surface area contributed by atoms with Gasteiger partial charge in [-0.1, -0.05) is 0 Å². The van der Waals surface area contributed by atoms with Crippen LogP contribution >= 0.6 is 0 Å². The van der Waals surface area contributed by atoms with Crippen LogP contribution in [0.25, 0.3) is 0 Å². The smallest absolute Gasteiger partial charge is 1.00 e. The first-order valence-corrected chi connectivity index (χ1v) is 20.9. The van der Waals surface area contributed by atoms with Crippen LogP contribution in [-0.2, 0) is 20.1 Å². The second-order valence-electron chi connectivity index (χ2n) is 7.80. The number of hydrogen-bond acceptors (Lipinski definition) is 0. The first-order chi connectivity index (χ1) is 10.8. The van der Waals surface area contributed by atoms with E-state index in [2.05, 4.69) is 55.6 Å². The summed E-state index contributed by atoms with van der Waals surface area (Å²) < 4.78 is 3.11. The molecule has 0 saturated heterocycles. The van der Waals surface area contributed by atoms with Crippen molar-refractivity contribution in [2.75, 3.05) is 0 Å². The predicted molar refractivity (Wildman–Crippen MR) is 93.8 cm³/mol. The molecular weight excluding hydrogens is 518 g/mol. The molecule has 4 aliphatic carbocycles. The molecule has 0 spiro atoms. The molecule has 4 heteroatoms. The summed E-state index contributed by atoms with van der Waals surface area (Å²) in [6, 6.07) is 0. The Morgan fingerprint density at radius 3 is 2.21 bits per heavy atom. The second-order valence-corrected chi connectivity index (χ2v) is 32.7. The first-order valence-electron chi connectivity index (χ1n) is 9.16. The average Bonchev–Trinajstić information content (AvgIpc) is 3.16. The zero-order valence-corrected chi connectivity index (χ0v) is 20.8. The van der Waals surface area contributed by atoms with Gasteiger partial charge in [-0.15, -0.1) is 0 Å². The summed E-state index contributed by atoms with van der Waals surface area (Å²) in [5, 5.41) is 0. The molecule has 2 saturated carbocycles. The van der Waals surface area contributed by atoms with Gasteiger partial charge in [0.25, 0.3) is 0 Å². The third-order valence-electron chi connectivity index (χ3n) is 6.46. The summed E-state index contributed by atoms with van der Waals surface area (Å²) in [5.74, 6) is 3.93. The molecule has 4 aliphatic rings. The summed E-state index contributed by atoms with van der Waals surface area (Å²) in [6.07, 6.45) is 24.7. The molecule has 4 rings (SSSR count). The van der Waals surface area contributed by atoms with Crippen molar-refractivity contribution in [3.05, 3.63) is 45.9 Å². The van der Waals surface area contributed by atoms with Crippen LogP contribution in [0.15, 0.2) is 45.9 Å². The molecule has 0 heterocycles. The van der Waals surface area contributed by atoms with Crippen molar-refractivity contribution in [2.24, 2.45) is 23.7 Å². The van der Waals surface area contributed by atoms with Gasteiger partial charge in [0.05, 0.1) is 0 Å². The van der Waals surface area contributed by atoms with E-state index in [4.69, 9.17) is 0 Å². The van der Waals surface area contributed by atoms with Crippen molar-refractivity contribution in [1.29, 1.82) is 0 Å². The largest absolute Gasteiger partial charge is 1.00 e. The molecule has 130 valence electrons. The van der Waals surface area contributed by atoms with Crippen molar-refractivity contribution >= 4 is 5.49 Å². The van der Waals surface area contributed by atoms with Crippen LogP contribution in [0, 0.1) is 23.7 Å². The van der Waals surface area contributed by atoms with Gasteiger partial charge in [-0.05, 0) is 0 Å². The van der Waals surface area contributed by atoms with Crippen LogP contribution < -0.4 is 24.8 Å². The Labute approximate surface area is 167 Å². The van der Waals surface area contributed by atoms with E-state index >= 15 is 0 Å². The Bertz CT molecular complexity index is 613. The van der Waals surface area contributed by atoms with E-state index in [1.807, 2.05) is 3.33 Å². The van der Waals surface area contributed by atoms with Crippen molar-refractivity contribution in [3.8, 4) is 0 Å². The molecule has 0 aromatic carbocycles. The SMILES string of the molecule is C[Si](C)=[Hf+2]([C]1=CC=CC1)[CH]1C2C=CC=CC2C2CCCCC21.[Cl-].[Cl-]. The number of rotatable bonds is 2. The minimum absolute atomic E-state index is 0. The van der Waals surface area contributed by atoms with E-state index in [1.165, 1.54) is 25.7 Å². The molecule has 0 amide bonds.